The van der Waals surface area contributed by atoms with E-state index in [1.165, 1.54) is 6.07 Å². The topological polar surface area (TPSA) is 82.6 Å². The van der Waals surface area contributed by atoms with E-state index in [9.17, 15) is 9.18 Å². The van der Waals surface area contributed by atoms with Crippen molar-refractivity contribution >= 4 is 16.6 Å². The summed E-state index contributed by atoms with van der Waals surface area (Å²) in [5.74, 6) is 0.498. The number of para-hydroxylation sites is 1. The van der Waals surface area contributed by atoms with E-state index in [0.717, 1.165) is 0 Å². The fraction of sp³-hybridized carbons (Fsp3) is 0.261. The van der Waals surface area contributed by atoms with Gasteiger partial charge >= 0.3 is 0 Å². The molecule has 2 aromatic heterocycles. The zero-order chi connectivity index (χ0) is 22.2. The number of hydrogen-bond donors (Lipinski definition) is 0. The highest BCUT2D eigenvalue weighted by molar-refractivity contribution is 5.86. The molecule has 1 saturated heterocycles. The van der Waals surface area contributed by atoms with Gasteiger partial charge in [-0.3, -0.25) is 4.79 Å². The van der Waals surface area contributed by atoms with E-state index < -0.39 is 5.82 Å². The van der Waals surface area contributed by atoms with Gasteiger partial charge in [-0.05, 0) is 24.3 Å². The third-order valence-electron chi connectivity index (χ3n) is 5.61. The lowest BCUT2D eigenvalue weighted by Crippen LogP contribution is -2.36. The number of pyridine rings is 1. The summed E-state index contributed by atoms with van der Waals surface area (Å²) in [7, 11) is 3.35. The van der Waals surface area contributed by atoms with E-state index in [0.29, 0.717) is 54.6 Å². The van der Waals surface area contributed by atoms with Gasteiger partial charge in [0.1, 0.15) is 17.1 Å². The van der Waals surface area contributed by atoms with Crippen LogP contribution in [0.2, 0.25) is 0 Å². The molecule has 0 saturated carbocycles. The first-order valence-electron chi connectivity index (χ1n) is 10.2. The normalized spacial score (nSPS) is 14.2. The molecule has 0 bridgehead atoms. The SMILES string of the molecule is COc1ccccc1-c1noc(-c2cn(C)c3cc(N4CCOCC4)c(F)cc3c2=O)n1. The Balaban J connectivity index is 1.60. The van der Waals surface area contributed by atoms with Gasteiger partial charge in [-0.15, -0.1) is 0 Å². The summed E-state index contributed by atoms with van der Waals surface area (Å²) >= 11 is 0. The number of hydrogen-bond acceptors (Lipinski definition) is 7. The summed E-state index contributed by atoms with van der Waals surface area (Å²) in [6, 6.07) is 10.2. The van der Waals surface area contributed by atoms with Crippen molar-refractivity contribution in [2.45, 2.75) is 0 Å². The lowest BCUT2D eigenvalue weighted by Gasteiger charge is -2.29. The zero-order valence-electron chi connectivity index (χ0n) is 17.7. The molecule has 8 nitrogen and oxygen atoms in total. The molecular formula is C23H21FN4O4. The van der Waals surface area contributed by atoms with Crippen molar-refractivity contribution in [3.63, 3.8) is 0 Å². The highest BCUT2D eigenvalue weighted by Gasteiger charge is 2.21. The Kier molecular flexibility index (Phi) is 5.10. The maximum absolute atomic E-state index is 15.0. The quantitative estimate of drug-likeness (QED) is 0.486. The molecule has 1 aliphatic heterocycles. The molecule has 1 aliphatic rings. The average molecular weight is 436 g/mol. The second-order valence-electron chi connectivity index (χ2n) is 7.53. The predicted octanol–water partition coefficient (Wildman–Crippen LogP) is 3.24. The maximum Gasteiger partial charge on any atom is 0.263 e. The summed E-state index contributed by atoms with van der Waals surface area (Å²) in [5, 5.41) is 4.26. The summed E-state index contributed by atoms with van der Waals surface area (Å²) in [4.78, 5) is 19.5. The molecule has 0 radical (unpaired) electrons. The number of rotatable bonds is 4. The van der Waals surface area contributed by atoms with Gasteiger partial charge in [0.25, 0.3) is 5.89 Å². The summed E-state index contributed by atoms with van der Waals surface area (Å²) in [6.07, 6.45) is 1.63. The van der Waals surface area contributed by atoms with Crippen LogP contribution in [0.5, 0.6) is 5.75 Å². The van der Waals surface area contributed by atoms with Crippen LogP contribution >= 0.6 is 0 Å². The van der Waals surface area contributed by atoms with Crippen LogP contribution in [0.15, 0.2) is 51.9 Å². The Labute approximate surface area is 182 Å². The van der Waals surface area contributed by atoms with Crippen LogP contribution in [0.25, 0.3) is 33.7 Å². The lowest BCUT2D eigenvalue weighted by atomic mass is 10.1. The molecule has 2 aromatic carbocycles. The molecule has 0 aliphatic carbocycles. The molecule has 5 rings (SSSR count). The Bertz CT molecular complexity index is 1360. The number of anilines is 1. The number of ether oxygens (including phenoxy) is 2. The van der Waals surface area contributed by atoms with Gasteiger partial charge in [0.05, 0.1) is 37.1 Å². The molecule has 0 amide bonds. The van der Waals surface area contributed by atoms with Gasteiger partial charge in [-0.25, -0.2) is 4.39 Å². The van der Waals surface area contributed by atoms with Crippen LogP contribution in [0.3, 0.4) is 0 Å². The van der Waals surface area contributed by atoms with Crippen LogP contribution in [0.1, 0.15) is 0 Å². The monoisotopic (exact) mass is 436 g/mol. The molecule has 4 aromatic rings. The minimum Gasteiger partial charge on any atom is -0.496 e. The van der Waals surface area contributed by atoms with E-state index in [-0.39, 0.29) is 22.3 Å². The van der Waals surface area contributed by atoms with Gasteiger partial charge in [0.2, 0.25) is 11.3 Å². The van der Waals surface area contributed by atoms with E-state index in [1.54, 1.807) is 43.1 Å². The van der Waals surface area contributed by atoms with Crippen molar-refractivity contribution in [3.05, 3.63) is 58.6 Å². The Morgan fingerprint density at radius 3 is 2.69 bits per heavy atom. The molecule has 0 atom stereocenters. The lowest BCUT2D eigenvalue weighted by molar-refractivity contribution is 0.122. The van der Waals surface area contributed by atoms with E-state index >= 15 is 0 Å². The first kappa shape index (κ1) is 20.2. The Hall–Kier alpha value is -3.72. The third-order valence-corrected chi connectivity index (χ3v) is 5.61. The Morgan fingerprint density at radius 2 is 1.91 bits per heavy atom. The van der Waals surface area contributed by atoms with Crippen LogP contribution < -0.4 is 15.1 Å². The number of nitrogens with zero attached hydrogens (tertiary/aromatic N) is 4. The number of benzene rings is 2. The fourth-order valence-electron chi connectivity index (χ4n) is 3.96. The van der Waals surface area contributed by atoms with Gasteiger partial charge in [0, 0.05) is 31.7 Å². The fourth-order valence-corrected chi connectivity index (χ4v) is 3.96. The second-order valence-corrected chi connectivity index (χ2v) is 7.53. The van der Waals surface area contributed by atoms with Crippen molar-refractivity contribution in [2.24, 2.45) is 7.05 Å². The first-order chi connectivity index (χ1) is 15.6. The number of methoxy groups -OCH3 is 1. The van der Waals surface area contributed by atoms with Crippen molar-refractivity contribution in [3.8, 4) is 28.6 Å². The molecule has 0 spiro atoms. The summed E-state index contributed by atoms with van der Waals surface area (Å²) in [5.41, 5.74) is 1.54. The molecule has 0 unspecified atom stereocenters. The van der Waals surface area contributed by atoms with Crippen LogP contribution in [-0.2, 0) is 11.8 Å². The molecular weight excluding hydrogens is 415 g/mol. The molecule has 3 heterocycles. The summed E-state index contributed by atoms with van der Waals surface area (Å²) < 4.78 is 32.8. The zero-order valence-corrected chi connectivity index (χ0v) is 17.7. The minimum absolute atomic E-state index is 0.0612. The smallest absolute Gasteiger partial charge is 0.263 e. The number of morpholine rings is 1. The second kappa shape index (κ2) is 8.08. The standard InChI is InChI=1S/C23H21FN4O4/c1-27-13-16(23-25-22(26-32-23)14-5-3-4-6-20(14)30-2)21(29)15-11-17(24)19(12-18(15)27)28-7-9-31-10-8-28/h3-6,11-13H,7-10H2,1-2H3. The largest absolute Gasteiger partial charge is 0.496 e. The summed E-state index contributed by atoms with van der Waals surface area (Å²) in [6.45, 7) is 2.28. The van der Waals surface area contributed by atoms with E-state index in [1.807, 2.05) is 17.0 Å². The average Bonchev–Trinajstić information content (AvgIpc) is 3.31. The predicted molar refractivity (Wildman–Crippen MR) is 117 cm³/mol. The van der Waals surface area contributed by atoms with Crippen molar-refractivity contribution in [2.75, 3.05) is 38.3 Å². The highest BCUT2D eigenvalue weighted by Crippen LogP contribution is 2.30. The van der Waals surface area contributed by atoms with Gasteiger partial charge in [0.15, 0.2) is 0 Å². The van der Waals surface area contributed by atoms with Crippen LogP contribution in [0, 0.1) is 5.82 Å². The first-order valence-corrected chi connectivity index (χ1v) is 10.2. The molecule has 1 fully saturated rings. The number of halogens is 1. The Morgan fingerprint density at radius 1 is 1.12 bits per heavy atom. The molecule has 0 N–H and O–H groups in total. The number of fused-ring (bicyclic) bond motifs is 1. The van der Waals surface area contributed by atoms with Crippen molar-refractivity contribution in [1.82, 2.24) is 14.7 Å². The van der Waals surface area contributed by atoms with Gasteiger partial charge in [-0.2, -0.15) is 4.98 Å². The van der Waals surface area contributed by atoms with E-state index in [2.05, 4.69) is 10.1 Å². The highest BCUT2D eigenvalue weighted by atomic mass is 19.1. The van der Waals surface area contributed by atoms with Gasteiger partial charge < -0.3 is 23.5 Å². The van der Waals surface area contributed by atoms with Crippen LogP contribution in [-0.4, -0.2) is 48.1 Å². The van der Waals surface area contributed by atoms with Crippen molar-refractivity contribution in [1.29, 1.82) is 0 Å². The third kappa shape index (κ3) is 3.40. The maximum atomic E-state index is 15.0. The number of aryl methyl sites for hydroxylation is 1. The minimum atomic E-state index is -0.450. The molecule has 164 valence electrons. The van der Waals surface area contributed by atoms with Crippen molar-refractivity contribution < 1.29 is 18.4 Å². The molecule has 9 heteroatoms. The number of aromatic nitrogens is 3. The van der Waals surface area contributed by atoms with Crippen LogP contribution in [0.4, 0.5) is 10.1 Å². The van der Waals surface area contributed by atoms with E-state index in [4.69, 9.17) is 14.0 Å². The van der Waals surface area contributed by atoms with Gasteiger partial charge in [-0.1, -0.05) is 17.3 Å². The molecule has 32 heavy (non-hydrogen) atoms.